The number of nitrogens with zero attached hydrogens (tertiary/aromatic N) is 1. The fourth-order valence-corrected chi connectivity index (χ4v) is 1.77. The highest BCUT2D eigenvalue weighted by molar-refractivity contribution is 5.72. The first-order chi connectivity index (χ1) is 6.75. The van der Waals surface area contributed by atoms with E-state index in [9.17, 15) is 4.79 Å². The van der Waals surface area contributed by atoms with E-state index in [4.69, 9.17) is 16.2 Å². The van der Waals surface area contributed by atoms with Gasteiger partial charge < -0.3 is 21.1 Å². The quantitative estimate of drug-likeness (QED) is 0.623. The second kappa shape index (κ2) is 5.82. The van der Waals surface area contributed by atoms with Gasteiger partial charge in [-0.25, -0.2) is 4.79 Å². The lowest BCUT2D eigenvalue weighted by Crippen LogP contribution is -2.48. The SMILES string of the molecule is NCCOCC1CCCCN1C(N)=O. The average Bonchev–Trinajstić information content (AvgIpc) is 2.19. The minimum Gasteiger partial charge on any atom is -0.378 e. The number of ether oxygens (including phenoxy) is 1. The van der Waals surface area contributed by atoms with Gasteiger partial charge in [-0.3, -0.25) is 0 Å². The number of hydrogen-bond donors (Lipinski definition) is 2. The highest BCUT2D eigenvalue weighted by Gasteiger charge is 2.24. The van der Waals surface area contributed by atoms with Crippen molar-refractivity contribution < 1.29 is 9.53 Å². The van der Waals surface area contributed by atoms with Crippen LogP contribution in [0, 0.1) is 0 Å². The molecule has 0 bridgehead atoms. The zero-order valence-corrected chi connectivity index (χ0v) is 8.45. The van der Waals surface area contributed by atoms with Crippen LogP contribution < -0.4 is 11.5 Å². The normalized spacial score (nSPS) is 22.4. The van der Waals surface area contributed by atoms with Crippen molar-refractivity contribution in [3.8, 4) is 0 Å². The molecule has 0 aromatic rings. The maximum absolute atomic E-state index is 11.1. The van der Waals surface area contributed by atoms with E-state index in [2.05, 4.69) is 0 Å². The minimum absolute atomic E-state index is 0.146. The number of carbonyl (C=O) groups excluding carboxylic acids is 1. The molecule has 5 nitrogen and oxygen atoms in total. The molecule has 0 saturated carbocycles. The molecule has 1 fully saturated rings. The molecule has 5 heteroatoms. The zero-order chi connectivity index (χ0) is 10.4. The van der Waals surface area contributed by atoms with Gasteiger partial charge in [-0.05, 0) is 19.3 Å². The second-order valence-electron chi connectivity index (χ2n) is 3.54. The molecule has 1 aliphatic heterocycles. The topological polar surface area (TPSA) is 81.6 Å². The lowest BCUT2D eigenvalue weighted by Gasteiger charge is -2.34. The molecule has 2 amide bonds. The molecular weight excluding hydrogens is 182 g/mol. The number of likely N-dealkylation sites (tertiary alicyclic amines) is 1. The molecule has 0 aromatic carbocycles. The average molecular weight is 201 g/mol. The largest absolute Gasteiger partial charge is 0.378 e. The molecule has 0 aromatic heterocycles. The van der Waals surface area contributed by atoms with Crippen molar-refractivity contribution >= 4 is 6.03 Å². The van der Waals surface area contributed by atoms with Crippen LogP contribution in [0.3, 0.4) is 0 Å². The molecule has 0 spiro atoms. The van der Waals surface area contributed by atoms with Gasteiger partial charge in [0.1, 0.15) is 0 Å². The molecule has 1 rings (SSSR count). The number of rotatable bonds is 4. The van der Waals surface area contributed by atoms with Crippen LogP contribution in [0.5, 0.6) is 0 Å². The van der Waals surface area contributed by atoms with Crippen molar-refractivity contribution in [1.29, 1.82) is 0 Å². The molecular formula is C9H19N3O2. The Labute approximate surface area is 84.4 Å². The van der Waals surface area contributed by atoms with Crippen LogP contribution in [-0.2, 0) is 4.74 Å². The summed E-state index contributed by atoms with van der Waals surface area (Å²) in [4.78, 5) is 12.8. The molecule has 82 valence electrons. The summed E-state index contributed by atoms with van der Waals surface area (Å²) in [6, 6.07) is -0.196. The lowest BCUT2D eigenvalue weighted by atomic mass is 10.0. The van der Waals surface area contributed by atoms with E-state index >= 15 is 0 Å². The fourth-order valence-electron chi connectivity index (χ4n) is 1.77. The van der Waals surface area contributed by atoms with Crippen LogP contribution in [0.15, 0.2) is 0 Å². The monoisotopic (exact) mass is 201 g/mol. The summed E-state index contributed by atoms with van der Waals surface area (Å²) in [6.45, 7) is 2.37. The molecule has 1 atom stereocenters. The summed E-state index contributed by atoms with van der Waals surface area (Å²) in [5.74, 6) is 0. The third kappa shape index (κ3) is 3.16. The van der Waals surface area contributed by atoms with Gasteiger partial charge in [0.05, 0.1) is 19.3 Å². The summed E-state index contributed by atoms with van der Waals surface area (Å²) < 4.78 is 5.33. The van der Waals surface area contributed by atoms with E-state index in [1.54, 1.807) is 4.90 Å². The minimum atomic E-state index is -0.342. The van der Waals surface area contributed by atoms with Crippen molar-refractivity contribution in [2.45, 2.75) is 25.3 Å². The summed E-state index contributed by atoms with van der Waals surface area (Å²) in [7, 11) is 0. The summed E-state index contributed by atoms with van der Waals surface area (Å²) >= 11 is 0. The van der Waals surface area contributed by atoms with Crippen LogP contribution in [0.1, 0.15) is 19.3 Å². The van der Waals surface area contributed by atoms with Crippen LogP contribution in [0.4, 0.5) is 4.79 Å². The van der Waals surface area contributed by atoms with Crippen molar-refractivity contribution in [2.75, 3.05) is 26.3 Å². The van der Waals surface area contributed by atoms with E-state index in [0.717, 1.165) is 25.8 Å². The molecule has 1 unspecified atom stereocenters. The molecule has 0 aliphatic carbocycles. The molecule has 1 saturated heterocycles. The lowest BCUT2D eigenvalue weighted by molar-refractivity contribution is 0.0616. The van der Waals surface area contributed by atoms with E-state index in [1.165, 1.54) is 0 Å². The Morgan fingerprint density at radius 3 is 2.93 bits per heavy atom. The maximum Gasteiger partial charge on any atom is 0.315 e. The highest BCUT2D eigenvalue weighted by Crippen LogP contribution is 2.16. The first-order valence-corrected chi connectivity index (χ1v) is 5.09. The van der Waals surface area contributed by atoms with Gasteiger partial charge in [0.2, 0.25) is 0 Å². The van der Waals surface area contributed by atoms with E-state index < -0.39 is 0 Å². The van der Waals surface area contributed by atoms with Crippen LogP contribution in [-0.4, -0.2) is 43.3 Å². The number of carbonyl (C=O) groups is 1. The van der Waals surface area contributed by atoms with E-state index in [0.29, 0.717) is 19.8 Å². The molecule has 14 heavy (non-hydrogen) atoms. The third-order valence-corrected chi connectivity index (χ3v) is 2.48. The van der Waals surface area contributed by atoms with Gasteiger partial charge in [-0.1, -0.05) is 0 Å². The van der Waals surface area contributed by atoms with Crippen molar-refractivity contribution in [2.24, 2.45) is 11.5 Å². The Hall–Kier alpha value is -0.810. The van der Waals surface area contributed by atoms with Gasteiger partial charge in [0.15, 0.2) is 0 Å². The maximum atomic E-state index is 11.1. The Bertz CT molecular complexity index is 187. The predicted molar refractivity (Wildman–Crippen MR) is 53.8 cm³/mol. The summed E-state index contributed by atoms with van der Waals surface area (Å²) in [6.07, 6.45) is 3.16. The van der Waals surface area contributed by atoms with Crippen molar-refractivity contribution in [1.82, 2.24) is 4.90 Å². The van der Waals surface area contributed by atoms with Crippen LogP contribution in [0.25, 0.3) is 0 Å². The first kappa shape index (κ1) is 11.3. The van der Waals surface area contributed by atoms with E-state index in [1.807, 2.05) is 0 Å². The smallest absolute Gasteiger partial charge is 0.315 e. The number of amides is 2. The third-order valence-electron chi connectivity index (χ3n) is 2.48. The van der Waals surface area contributed by atoms with Crippen molar-refractivity contribution in [3.05, 3.63) is 0 Å². The van der Waals surface area contributed by atoms with Crippen LogP contribution in [0.2, 0.25) is 0 Å². The number of piperidine rings is 1. The Balaban J connectivity index is 2.34. The number of urea groups is 1. The summed E-state index contributed by atoms with van der Waals surface area (Å²) in [5, 5.41) is 0. The highest BCUT2D eigenvalue weighted by atomic mass is 16.5. The molecule has 4 N–H and O–H groups in total. The molecule has 1 heterocycles. The molecule has 1 aliphatic rings. The van der Waals surface area contributed by atoms with Gasteiger partial charge in [0, 0.05) is 13.1 Å². The number of primary amides is 1. The molecule has 0 radical (unpaired) electrons. The standard InChI is InChI=1S/C9H19N3O2/c10-4-6-14-7-8-3-1-2-5-12(8)9(11)13/h8H,1-7,10H2,(H2,11,13). The zero-order valence-electron chi connectivity index (χ0n) is 8.45. The van der Waals surface area contributed by atoms with Crippen molar-refractivity contribution in [3.63, 3.8) is 0 Å². The fraction of sp³-hybridized carbons (Fsp3) is 0.889. The predicted octanol–water partition coefficient (Wildman–Crippen LogP) is -0.105. The summed E-state index contributed by atoms with van der Waals surface area (Å²) in [5.41, 5.74) is 10.6. The van der Waals surface area contributed by atoms with Gasteiger partial charge in [-0.2, -0.15) is 0 Å². The Kier molecular flexibility index (Phi) is 4.69. The second-order valence-corrected chi connectivity index (χ2v) is 3.54. The van der Waals surface area contributed by atoms with Gasteiger partial charge in [0.25, 0.3) is 0 Å². The Morgan fingerprint density at radius 1 is 1.50 bits per heavy atom. The van der Waals surface area contributed by atoms with Gasteiger partial charge >= 0.3 is 6.03 Å². The van der Waals surface area contributed by atoms with Crippen LogP contribution >= 0.6 is 0 Å². The first-order valence-electron chi connectivity index (χ1n) is 5.09. The van der Waals surface area contributed by atoms with E-state index in [-0.39, 0.29) is 12.1 Å². The van der Waals surface area contributed by atoms with Gasteiger partial charge in [-0.15, -0.1) is 0 Å². The number of nitrogens with two attached hydrogens (primary N) is 2. The number of hydrogen-bond acceptors (Lipinski definition) is 3. The Morgan fingerprint density at radius 2 is 2.29 bits per heavy atom.